The Bertz CT molecular complexity index is 248. The van der Waals surface area contributed by atoms with Crippen molar-refractivity contribution in [1.29, 1.82) is 0 Å². The molecule has 0 spiro atoms. The quantitative estimate of drug-likeness (QED) is 0.699. The van der Waals surface area contributed by atoms with E-state index in [0.717, 1.165) is 6.42 Å². The molecule has 3 N–H and O–H groups in total. The fraction of sp³-hybridized carbons (Fsp3) is 0.909. The molecular formula is C11H22N2O3. The van der Waals surface area contributed by atoms with Crippen LogP contribution >= 0.6 is 0 Å². The molecule has 5 heteroatoms. The van der Waals surface area contributed by atoms with Gasteiger partial charge in [0, 0.05) is 26.7 Å². The lowest BCUT2D eigenvalue weighted by atomic mass is 9.98. The van der Waals surface area contributed by atoms with Crippen LogP contribution in [0.3, 0.4) is 0 Å². The Kier molecular flexibility index (Phi) is 4.29. The van der Waals surface area contributed by atoms with Crippen LogP contribution in [0.5, 0.6) is 0 Å². The maximum absolute atomic E-state index is 11.8. The normalized spacial score (nSPS) is 28.8. The van der Waals surface area contributed by atoms with Crippen molar-refractivity contribution < 1.29 is 14.3 Å². The van der Waals surface area contributed by atoms with Gasteiger partial charge in [-0.05, 0) is 13.3 Å². The van der Waals surface area contributed by atoms with Gasteiger partial charge in [0.25, 0.3) is 0 Å². The highest BCUT2D eigenvalue weighted by Crippen LogP contribution is 2.21. The Balaban J connectivity index is 2.47. The summed E-state index contributed by atoms with van der Waals surface area (Å²) < 4.78 is 10.7. The Hall–Kier alpha value is -0.650. The van der Waals surface area contributed by atoms with Gasteiger partial charge in [0.1, 0.15) is 5.60 Å². The maximum atomic E-state index is 11.8. The second-order valence-corrected chi connectivity index (χ2v) is 4.64. The standard InChI is InChI=1S/C11H22N2O3/c1-4-10(2,12)9(14)13-7-11(15-3)5-6-16-8-11/h4-8,12H2,1-3H3,(H,13,14). The van der Waals surface area contributed by atoms with Crippen LogP contribution in [0, 0.1) is 0 Å². The van der Waals surface area contributed by atoms with E-state index in [1.807, 2.05) is 6.92 Å². The summed E-state index contributed by atoms with van der Waals surface area (Å²) in [5, 5.41) is 2.84. The van der Waals surface area contributed by atoms with Crippen molar-refractivity contribution in [2.24, 2.45) is 5.73 Å². The van der Waals surface area contributed by atoms with Gasteiger partial charge >= 0.3 is 0 Å². The van der Waals surface area contributed by atoms with Crippen molar-refractivity contribution >= 4 is 5.91 Å². The predicted octanol–water partition coefficient (Wildman–Crippen LogP) is 0.0355. The molecule has 1 rings (SSSR count). The van der Waals surface area contributed by atoms with Gasteiger partial charge in [0.2, 0.25) is 5.91 Å². The summed E-state index contributed by atoms with van der Waals surface area (Å²) in [4.78, 5) is 11.8. The fourth-order valence-corrected chi connectivity index (χ4v) is 1.56. The molecule has 0 aromatic carbocycles. The third-order valence-corrected chi connectivity index (χ3v) is 3.32. The smallest absolute Gasteiger partial charge is 0.239 e. The number of nitrogens with one attached hydrogen (secondary N) is 1. The van der Waals surface area contributed by atoms with Crippen LogP contribution < -0.4 is 11.1 Å². The molecule has 1 aliphatic heterocycles. The molecule has 16 heavy (non-hydrogen) atoms. The zero-order valence-electron chi connectivity index (χ0n) is 10.3. The van der Waals surface area contributed by atoms with E-state index in [0.29, 0.717) is 26.2 Å². The van der Waals surface area contributed by atoms with Crippen LogP contribution in [-0.4, -0.2) is 43.9 Å². The number of hydrogen-bond donors (Lipinski definition) is 2. The SMILES string of the molecule is CCC(C)(N)C(=O)NCC1(OC)CCOC1. The van der Waals surface area contributed by atoms with Crippen LogP contribution in [-0.2, 0) is 14.3 Å². The number of carbonyl (C=O) groups excluding carboxylic acids is 1. The van der Waals surface area contributed by atoms with Crippen molar-refractivity contribution in [2.75, 3.05) is 26.9 Å². The molecule has 1 fully saturated rings. The molecule has 0 aromatic rings. The molecule has 1 amide bonds. The van der Waals surface area contributed by atoms with E-state index in [4.69, 9.17) is 15.2 Å². The van der Waals surface area contributed by atoms with E-state index in [1.54, 1.807) is 14.0 Å². The highest BCUT2D eigenvalue weighted by molar-refractivity contribution is 5.85. The Morgan fingerprint density at radius 2 is 2.38 bits per heavy atom. The number of methoxy groups -OCH3 is 1. The molecule has 5 nitrogen and oxygen atoms in total. The number of hydrogen-bond acceptors (Lipinski definition) is 4. The largest absolute Gasteiger partial charge is 0.378 e. The summed E-state index contributed by atoms with van der Waals surface area (Å²) in [6.45, 7) is 5.28. The lowest BCUT2D eigenvalue weighted by Gasteiger charge is -2.28. The van der Waals surface area contributed by atoms with Gasteiger partial charge in [-0.2, -0.15) is 0 Å². The van der Waals surface area contributed by atoms with Crippen LogP contribution in [0.1, 0.15) is 26.7 Å². The molecule has 1 heterocycles. The lowest BCUT2D eigenvalue weighted by molar-refractivity contribution is -0.127. The third kappa shape index (κ3) is 2.93. The van der Waals surface area contributed by atoms with Gasteiger partial charge in [0.15, 0.2) is 0 Å². The van der Waals surface area contributed by atoms with E-state index in [9.17, 15) is 4.79 Å². The monoisotopic (exact) mass is 230 g/mol. The summed E-state index contributed by atoms with van der Waals surface area (Å²) in [6, 6.07) is 0. The van der Waals surface area contributed by atoms with Gasteiger partial charge in [-0.3, -0.25) is 4.79 Å². The second-order valence-electron chi connectivity index (χ2n) is 4.64. The minimum absolute atomic E-state index is 0.140. The summed E-state index contributed by atoms with van der Waals surface area (Å²) in [7, 11) is 1.64. The Labute approximate surface area is 96.7 Å². The van der Waals surface area contributed by atoms with E-state index in [2.05, 4.69) is 5.32 Å². The zero-order chi connectivity index (χ0) is 12.2. The van der Waals surface area contributed by atoms with Gasteiger partial charge in [0.05, 0.1) is 12.1 Å². The van der Waals surface area contributed by atoms with Crippen molar-refractivity contribution in [3.05, 3.63) is 0 Å². The van der Waals surface area contributed by atoms with E-state index < -0.39 is 5.54 Å². The van der Waals surface area contributed by atoms with Crippen LogP contribution in [0.4, 0.5) is 0 Å². The molecule has 1 aliphatic rings. The van der Waals surface area contributed by atoms with Gasteiger partial charge in [-0.25, -0.2) is 0 Å². The number of ether oxygens (including phenoxy) is 2. The molecule has 94 valence electrons. The average Bonchev–Trinajstić information content (AvgIpc) is 2.75. The van der Waals surface area contributed by atoms with E-state index in [1.165, 1.54) is 0 Å². The molecule has 0 aliphatic carbocycles. The fourth-order valence-electron chi connectivity index (χ4n) is 1.56. The van der Waals surface area contributed by atoms with Crippen LogP contribution in [0.15, 0.2) is 0 Å². The van der Waals surface area contributed by atoms with E-state index in [-0.39, 0.29) is 11.5 Å². The van der Waals surface area contributed by atoms with Gasteiger partial charge in [-0.1, -0.05) is 6.92 Å². The first-order valence-corrected chi connectivity index (χ1v) is 5.66. The van der Waals surface area contributed by atoms with Gasteiger partial charge in [-0.15, -0.1) is 0 Å². The molecule has 0 radical (unpaired) electrons. The summed E-state index contributed by atoms with van der Waals surface area (Å²) >= 11 is 0. The van der Waals surface area contributed by atoms with Crippen molar-refractivity contribution in [3.8, 4) is 0 Å². The molecule has 0 aromatic heterocycles. The lowest BCUT2D eigenvalue weighted by Crippen LogP contribution is -2.55. The van der Waals surface area contributed by atoms with Crippen molar-refractivity contribution in [3.63, 3.8) is 0 Å². The van der Waals surface area contributed by atoms with Crippen molar-refractivity contribution in [2.45, 2.75) is 37.8 Å². The average molecular weight is 230 g/mol. The first-order valence-electron chi connectivity index (χ1n) is 5.66. The highest BCUT2D eigenvalue weighted by atomic mass is 16.5. The summed E-state index contributed by atoms with van der Waals surface area (Å²) in [5.74, 6) is -0.140. The number of nitrogens with two attached hydrogens (primary N) is 1. The Morgan fingerprint density at radius 1 is 1.69 bits per heavy atom. The summed E-state index contributed by atoms with van der Waals surface area (Å²) in [5.41, 5.74) is 4.66. The molecule has 2 atom stereocenters. The number of rotatable bonds is 5. The zero-order valence-corrected chi connectivity index (χ0v) is 10.3. The van der Waals surface area contributed by atoms with E-state index >= 15 is 0 Å². The molecule has 0 bridgehead atoms. The number of carbonyl (C=O) groups is 1. The third-order valence-electron chi connectivity index (χ3n) is 3.32. The first kappa shape index (κ1) is 13.4. The second kappa shape index (κ2) is 5.12. The van der Waals surface area contributed by atoms with Crippen molar-refractivity contribution in [1.82, 2.24) is 5.32 Å². The minimum atomic E-state index is -0.811. The topological polar surface area (TPSA) is 73.6 Å². The molecule has 1 saturated heterocycles. The molecule has 0 saturated carbocycles. The molecular weight excluding hydrogens is 208 g/mol. The minimum Gasteiger partial charge on any atom is -0.378 e. The van der Waals surface area contributed by atoms with Gasteiger partial charge < -0.3 is 20.5 Å². The highest BCUT2D eigenvalue weighted by Gasteiger charge is 2.36. The van der Waals surface area contributed by atoms with Crippen LogP contribution in [0.25, 0.3) is 0 Å². The van der Waals surface area contributed by atoms with Crippen LogP contribution in [0.2, 0.25) is 0 Å². The summed E-state index contributed by atoms with van der Waals surface area (Å²) in [6.07, 6.45) is 1.41. The maximum Gasteiger partial charge on any atom is 0.239 e. The predicted molar refractivity (Wildman–Crippen MR) is 61.1 cm³/mol. The first-order chi connectivity index (χ1) is 7.46. The molecule has 2 unspecified atom stereocenters. The number of amides is 1. The Morgan fingerprint density at radius 3 is 2.81 bits per heavy atom.